The maximum atomic E-state index is 12.7. The molecular formula is C24H32ClN8OP. The summed E-state index contributed by atoms with van der Waals surface area (Å²) < 4.78 is 14.7. The van der Waals surface area contributed by atoms with Gasteiger partial charge < -0.3 is 20.1 Å². The Hall–Kier alpha value is -2.45. The van der Waals surface area contributed by atoms with Crippen molar-refractivity contribution in [3.63, 3.8) is 0 Å². The summed E-state index contributed by atoms with van der Waals surface area (Å²) in [5.41, 5.74) is 1.55. The summed E-state index contributed by atoms with van der Waals surface area (Å²) in [7, 11) is -0.286. The third kappa shape index (κ3) is 5.54. The molecule has 2 fully saturated rings. The third-order valence-electron chi connectivity index (χ3n) is 6.86. The quantitative estimate of drug-likeness (QED) is 0.457. The fourth-order valence-corrected chi connectivity index (χ4v) is 5.98. The zero-order valence-corrected chi connectivity index (χ0v) is 22.0. The average molecular weight is 515 g/mol. The van der Waals surface area contributed by atoms with E-state index in [0.29, 0.717) is 28.9 Å². The molecule has 11 heteroatoms. The molecule has 2 N–H and O–H groups in total. The van der Waals surface area contributed by atoms with Gasteiger partial charge in [0.25, 0.3) is 0 Å². The van der Waals surface area contributed by atoms with Crippen molar-refractivity contribution >= 4 is 47.2 Å². The molecule has 3 aromatic rings. The predicted octanol–water partition coefficient (Wildman–Crippen LogP) is 4.01. The number of nitrogens with one attached hydrogen (secondary N) is 2. The van der Waals surface area contributed by atoms with E-state index >= 15 is 0 Å². The van der Waals surface area contributed by atoms with Gasteiger partial charge in [0.15, 0.2) is 5.82 Å². The van der Waals surface area contributed by atoms with Gasteiger partial charge in [0.2, 0.25) is 5.95 Å². The van der Waals surface area contributed by atoms with E-state index in [-0.39, 0.29) is 0 Å². The highest BCUT2D eigenvalue weighted by Gasteiger charge is 2.36. The van der Waals surface area contributed by atoms with E-state index in [1.807, 2.05) is 35.1 Å². The number of halogens is 1. The number of benzene rings is 1. The van der Waals surface area contributed by atoms with Crippen LogP contribution in [0.2, 0.25) is 5.02 Å². The maximum absolute atomic E-state index is 12.7. The van der Waals surface area contributed by atoms with Crippen molar-refractivity contribution < 1.29 is 4.57 Å². The number of likely N-dealkylation sites (N-methyl/N-ethyl adjacent to an activating group) is 1. The van der Waals surface area contributed by atoms with Crippen molar-refractivity contribution in [2.45, 2.75) is 24.9 Å². The van der Waals surface area contributed by atoms with E-state index in [0.717, 1.165) is 55.7 Å². The molecule has 1 saturated heterocycles. The molecule has 0 unspecified atom stereocenters. The molecule has 186 valence electrons. The highest BCUT2D eigenvalue weighted by molar-refractivity contribution is 7.70. The Kier molecular flexibility index (Phi) is 6.86. The molecule has 0 radical (unpaired) electrons. The van der Waals surface area contributed by atoms with Crippen molar-refractivity contribution in [3.05, 3.63) is 47.9 Å². The number of piperazine rings is 1. The van der Waals surface area contributed by atoms with Crippen molar-refractivity contribution in [2.24, 2.45) is 0 Å². The van der Waals surface area contributed by atoms with Gasteiger partial charge in [0.05, 0.1) is 29.8 Å². The van der Waals surface area contributed by atoms with Crippen LogP contribution in [0.3, 0.4) is 0 Å². The highest BCUT2D eigenvalue weighted by Crippen LogP contribution is 2.39. The number of rotatable bonds is 7. The molecule has 1 aliphatic heterocycles. The first-order chi connectivity index (χ1) is 16.8. The van der Waals surface area contributed by atoms with Crippen LogP contribution >= 0.6 is 18.7 Å². The SMILES string of the molecule is CN1CCN(C2CC(n3cc(Nc4ncc(Cl)c(Nc5ccccc5P(C)(C)=O)n4)cn3)C2)CC1. The molecule has 1 aromatic carbocycles. The summed E-state index contributed by atoms with van der Waals surface area (Å²) >= 11 is 6.37. The molecule has 9 nitrogen and oxygen atoms in total. The number of aromatic nitrogens is 4. The molecule has 2 aromatic heterocycles. The summed E-state index contributed by atoms with van der Waals surface area (Å²) in [5.74, 6) is 0.862. The van der Waals surface area contributed by atoms with Crippen molar-refractivity contribution in [1.29, 1.82) is 0 Å². The van der Waals surface area contributed by atoms with Crippen molar-refractivity contribution in [3.8, 4) is 0 Å². The second-order valence-electron chi connectivity index (χ2n) is 9.84. The molecule has 1 aliphatic carbocycles. The summed E-state index contributed by atoms with van der Waals surface area (Å²) in [6, 6.07) is 8.58. The summed E-state index contributed by atoms with van der Waals surface area (Å²) in [4.78, 5) is 13.9. The molecule has 2 aliphatic rings. The molecule has 0 atom stereocenters. The fraction of sp³-hybridized carbons (Fsp3) is 0.458. The number of nitrogens with zero attached hydrogens (tertiary/aromatic N) is 6. The number of hydrogen-bond acceptors (Lipinski definition) is 8. The molecule has 0 spiro atoms. The lowest BCUT2D eigenvalue weighted by Crippen LogP contribution is -2.53. The van der Waals surface area contributed by atoms with Crippen LogP contribution in [0.15, 0.2) is 42.9 Å². The van der Waals surface area contributed by atoms with Gasteiger partial charge >= 0.3 is 0 Å². The van der Waals surface area contributed by atoms with Gasteiger partial charge in [-0.3, -0.25) is 9.58 Å². The molecule has 3 heterocycles. The Balaban J connectivity index is 1.23. The molecule has 5 rings (SSSR count). The van der Waals surface area contributed by atoms with E-state index in [4.69, 9.17) is 11.6 Å². The second kappa shape index (κ2) is 9.90. The summed E-state index contributed by atoms with van der Waals surface area (Å²) in [6.07, 6.45) is 7.63. The van der Waals surface area contributed by atoms with E-state index in [2.05, 4.69) is 42.5 Å². The zero-order valence-electron chi connectivity index (χ0n) is 20.4. The van der Waals surface area contributed by atoms with Crippen LogP contribution in [0.25, 0.3) is 0 Å². The normalized spacial score (nSPS) is 21.5. The number of anilines is 4. The molecule has 35 heavy (non-hydrogen) atoms. The van der Waals surface area contributed by atoms with Crippen LogP contribution in [0, 0.1) is 0 Å². The topological polar surface area (TPSA) is 91.2 Å². The Morgan fingerprint density at radius 1 is 1.03 bits per heavy atom. The first kappa shape index (κ1) is 24.3. The standard InChI is InChI=1S/C24H32ClN8OP/c1-31-8-10-32(11-9-31)18-12-19(13-18)33-16-17(14-27-33)28-24-26-15-20(25)23(30-24)29-21-6-4-5-7-22(21)35(2,3)34/h4-7,14-16,18-19H,8-13H2,1-3H3,(H2,26,28,29,30). The number of para-hydroxylation sites is 1. The third-order valence-corrected chi connectivity index (χ3v) is 8.68. The van der Waals surface area contributed by atoms with Gasteiger partial charge in [-0.05, 0) is 45.4 Å². The lowest BCUT2D eigenvalue weighted by atomic mass is 9.85. The largest absolute Gasteiger partial charge is 0.338 e. The Morgan fingerprint density at radius 3 is 2.51 bits per heavy atom. The van der Waals surface area contributed by atoms with Crippen LogP contribution in [-0.2, 0) is 4.57 Å². The minimum atomic E-state index is -2.48. The highest BCUT2D eigenvalue weighted by atomic mass is 35.5. The van der Waals surface area contributed by atoms with Gasteiger partial charge in [-0.15, -0.1) is 0 Å². The van der Waals surface area contributed by atoms with Crippen LogP contribution < -0.4 is 15.9 Å². The van der Waals surface area contributed by atoms with E-state index in [1.165, 1.54) is 0 Å². The van der Waals surface area contributed by atoms with Gasteiger partial charge in [-0.2, -0.15) is 10.1 Å². The van der Waals surface area contributed by atoms with E-state index in [1.54, 1.807) is 25.7 Å². The summed E-state index contributed by atoms with van der Waals surface area (Å²) in [6.45, 7) is 8.10. The van der Waals surface area contributed by atoms with Crippen molar-refractivity contribution in [2.75, 3.05) is 57.2 Å². The lowest BCUT2D eigenvalue weighted by Gasteiger charge is -2.45. The van der Waals surface area contributed by atoms with Crippen LogP contribution in [0.1, 0.15) is 18.9 Å². The Morgan fingerprint density at radius 2 is 1.77 bits per heavy atom. The zero-order chi connectivity index (χ0) is 24.6. The first-order valence-electron chi connectivity index (χ1n) is 11.9. The van der Waals surface area contributed by atoms with E-state index in [9.17, 15) is 4.57 Å². The smallest absolute Gasteiger partial charge is 0.229 e. The van der Waals surface area contributed by atoms with Crippen molar-refractivity contribution in [1.82, 2.24) is 29.5 Å². The molecule has 1 saturated carbocycles. The fourth-order valence-electron chi connectivity index (χ4n) is 4.68. The van der Waals surface area contributed by atoms with Crippen LogP contribution in [-0.4, -0.2) is 82.1 Å². The maximum Gasteiger partial charge on any atom is 0.229 e. The van der Waals surface area contributed by atoms with Crippen LogP contribution in [0.4, 0.5) is 23.1 Å². The monoisotopic (exact) mass is 514 g/mol. The van der Waals surface area contributed by atoms with Gasteiger partial charge in [-0.1, -0.05) is 23.7 Å². The Bertz CT molecular complexity index is 1230. The minimum absolute atomic E-state index is 0.382. The van der Waals surface area contributed by atoms with Gasteiger partial charge in [0.1, 0.15) is 12.2 Å². The average Bonchev–Trinajstić information content (AvgIpc) is 3.24. The molecule has 0 amide bonds. The summed E-state index contributed by atoms with van der Waals surface area (Å²) in [5, 5.41) is 12.2. The van der Waals surface area contributed by atoms with E-state index < -0.39 is 7.14 Å². The predicted molar refractivity (Wildman–Crippen MR) is 142 cm³/mol. The Labute approximate surface area is 211 Å². The molecule has 0 bridgehead atoms. The molecular weight excluding hydrogens is 483 g/mol. The number of hydrogen-bond donors (Lipinski definition) is 2. The van der Waals surface area contributed by atoms with Crippen LogP contribution in [0.5, 0.6) is 0 Å². The second-order valence-corrected chi connectivity index (χ2v) is 13.4. The first-order valence-corrected chi connectivity index (χ1v) is 14.9. The van der Waals surface area contributed by atoms with Gasteiger partial charge in [0, 0.05) is 43.7 Å². The minimum Gasteiger partial charge on any atom is -0.338 e. The lowest BCUT2D eigenvalue weighted by molar-refractivity contribution is 0.0405. The van der Waals surface area contributed by atoms with Gasteiger partial charge in [-0.25, -0.2) is 4.98 Å².